The van der Waals surface area contributed by atoms with Crippen molar-refractivity contribution in [2.75, 3.05) is 18.6 Å². The highest BCUT2D eigenvalue weighted by molar-refractivity contribution is 6.36. The Morgan fingerprint density at radius 1 is 1.21 bits per heavy atom. The molecule has 152 valence electrons. The minimum atomic E-state index is -0.707. The average molecular weight is 437 g/mol. The SMILES string of the molecule is CCOC(=O)C(C)Oc1ccc(N(C)c2cc3cc(F)c(Cl)cc3c(Cl)n2)cc1. The Labute approximate surface area is 177 Å². The number of esters is 1. The van der Waals surface area contributed by atoms with Crippen LogP contribution in [0.25, 0.3) is 10.8 Å². The molecule has 1 atom stereocenters. The topological polar surface area (TPSA) is 51.7 Å². The van der Waals surface area contributed by atoms with Crippen LogP contribution in [0.3, 0.4) is 0 Å². The van der Waals surface area contributed by atoms with Crippen LogP contribution in [-0.2, 0) is 9.53 Å². The molecule has 3 rings (SSSR count). The number of halogens is 3. The number of pyridine rings is 1. The predicted octanol–water partition coefficient (Wildman–Crippen LogP) is 5.78. The molecule has 0 N–H and O–H groups in total. The van der Waals surface area contributed by atoms with Crippen molar-refractivity contribution in [3.63, 3.8) is 0 Å². The molecule has 0 bridgehead atoms. The number of ether oxygens (including phenoxy) is 2. The highest BCUT2D eigenvalue weighted by Crippen LogP contribution is 2.32. The lowest BCUT2D eigenvalue weighted by atomic mass is 10.1. The van der Waals surface area contributed by atoms with Crippen molar-refractivity contribution in [1.29, 1.82) is 0 Å². The number of hydrogen-bond donors (Lipinski definition) is 0. The van der Waals surface area contributed by atoms with Crippen LogP contribution in [0.1, 0.15) is 13.8 Å². The van der Waals surface area contributed by atoms with Gasteiger partial charge in [0.25, 0.3) is 0 Å². The van der Waals surface area contributed by atoms with Crippen molar-refractivity contribution >= 4 is 51.4 Å². The molecule has 1 unspecified atom stereocenters. The third-order valence-electron chi connectivity index (χ3n) is 4.31. The van der Waals surface area contributed by atoms with Gasteiger partial charge in [-0.2, -0.15) is 0 Å². The Morgan fingerprint density at radius 2 is 1.90 bits per heavy atom. The number of fused-ring (bicyclic) bond motifs is 1. The monoisotopic (exact) mass is 436 g/mol. The van der Waals surface area contributed by atoms with E-state index in [4.69, 9.17) is 32.7 Å². The van der Waals surface area contributed by atoms with Gasteiger partial charge in [-0.05, 0) is 61.7 Å². The summed E-state index contributed by atoms with van der Waals surface area (Å²) in [7, 11) is 1.81. The van der Waals surface area contributed by atoms with Gasteiger partial charge < -0.3 is 14.4 Å². The van der Waals surface area contributed by atoms with Crippen LogP contribution < -0.4 is 9.64 Å². The zero-order valence-corrected chi connectivity index (χ0v) is 17.6. The fourth-order valence-corrected chi connectivity index (χ4v) is 3.17. The first-order valence-electron chi connectivity index (χ1n) is 8.92. The van der Waals surface area contributed by atoms with Crippen molar-refractivity contribution < 1.29 is 18.7 Å². The van der Waals surface area contributed by atoms with Gasteiger partial charge in [0, 0.05) is 18.1 Å². The average Bonchev–Trinajstić information content (AvgIpc) is 2.69. The normalized spacial score (nSPS) is 11.9. The van der Waals surface area contributed by atoms with Gasteiger partial charge in [0.15, 0.2) is 6.10 Å². The van der Waals surface area contributed by atoms with Gasteiger partial charge in [0.1, 0.15) is 22.5 Å². The maximum atomic E-state index is 13.8. The smallest absolute Gasteiger partial charge is 0.347 e. The lowest BCUT2D eigenvalue weighted by Gasteiger charge is -2.20. The molecule has 0 aliphatic heterocycles. The Kier molecular flexibility index (Phi) is 6.45. The summed E-state index contributed by atoms with van der Waals surface area (Å²) in [5, 5.41) is 1.40. The minimum Gasteiger partial charge on any atom is -0.479 e. The van der Waals surface area contributed by atoms with Gasteiger partial charge in [-0.25, -0.2) is 14.2 Å². The summed E-state index contributed by atoms with van der Waals surface area (Å²) in [6.07, 6.45) is -0.707. The van der Waals surface area contributed by atoms with Gasteiger partial charge in [-0.3, -0.25) is 0 Å². The van der Waals surface area contributed by atoms with Crippen LogP contribution in [0.4, 0.5) is 15.9 Å². The zero-order valence-electron chi connectivity index (χ0n) is 16.1. The standard InChI is InChI=1S/C21H19Cl2FN2O3/c1-4-28-21(27)12(2)29-15-7-5-14(6-8-15)26(3)19-10-13-9-18(24)17(22)11-16(13)20(23)25-19/h5-12H,4H2,1-3H3. The molecule has 0 amide bonds. The van der Waals surface area contributed by atoms with Gasteiger partial charge in [0.2, 0.25) is 0 Å². The predicted molar refractivity (Wildman–Crippen MR) is 113 cm³/mol. The molecular weight excluding hydrogens is 418 g/mol. The van der Waals surface area contributed by atoms with E-state index in [1.165, 1.54) is 12.1 Å². The van der Waals surface area contributed by atoms with E-state index in [9.17, 15) is 9.18 Å². The molecular formula is C21H19Cl2FN2O3. The fraction of sp³-hybridized carbons (Fsp3) is 0.238. The molecule has 0 aliphatic carbocycles. The van der Waals surface area contributed by atoms with E-state index >= 15 is 0 Å². The summed E-state index contributed by atoms with van der Waals surface area (Å²) in [4.78, 5) is 17.9. The third kappa shape index (κ3) is 4.71. The van der Waals surface area contributed by atoms with E-state index in [2.05, 4.69) is 4.98 Å². The summed E-state index contributed by atoms with van der Waals surface area (Å²) < 4.78 is 24.4. The molecule has 0 saturated heterocycles. The van der Waals surface area contributed by atoms with E-state index in [1.807, 2.05) is 19.2 Å². The van der Waals surface area contributed by atoms with Crippen LogP contribution in [-0.4, -0.2) is 30.7 Å². The van der Waals surface area contributed by atoms with Crippen molar-refractivity contribution in [2.45, 2.75) is 20.0 Å². The molecule has 2 aromatic carbocycles. The number of carbonyl (C=O) groups excluding carboxylic acids is 1. The van der Waals surface area contributed by atoms with E-state index < -0.39 is 17.9 Å². The van der Waals surface area contributed by atoms with Crippen molar-refractivity contribution in [1.82, 2.24) is 4.98 Å². The first kappa shape index (κ1) is 21.1. The van der Waals surface area contributed by atoms with Crippen LogP contribution >= 0.6 is 23.2 Å². The van der Waals surface area contributed by atoms with Gasteiger partial charge >= 0.3 is 5.97 Å². The van der Waals surface area contributed by atoms with Gasteiger partial charge in [-0.1, -0.05) is 23.2 Å². The first-order valence-corrected chi connectivity index (χ1v) is 9.68. The molecule has 0 saturated carbocycles. The maximum Gasteiger partial charge on any atom is 0.347 e. The Bertz CT molecular complexity index is 1040. The summed E-state index contributed by atoms with van der Waals surface area (Å²) in [5.41, 5.74) is 0.804. The molecule has 3 aromatic rings. The number of aromatic nitrogens is 1. The van der Waals surface area contributed by atoms with E-state index in [1.54, 1.807) is 36.9 Å². The number of anilines is 2. The number of carbonyl (C=O) groups is 1. The molecule has 8 heteroatoms. The van der Waals surface area contributed by atoms with E-state index in [-0.39, 0.29) is 10.2 Å². The molecule has 0 radical (unpaired) electrons. The summed E-state index contributed by atoms with van der Waals surface area (Å²) >= 11 is 12.1. The third-order valence-corrected chi connectivity index (χ3v) is 4.89. The zero-order chi connectivity index (χ0) is 21.1. The number of hydrogen-bond acceptors (Lipinski definition) is 5. The van der Waals surface area contributed by atoms with E-state index in [0.29, 0.717) is 28.9 Å². The summed E-state index contributed by atoms with van der Waals surface area (Å²) in [6, 6.07) is 11.6. The molecule has 0 spiro atoms. The number of rotatable bonds is 6. The molecule has 29 heavy (non-hydrogen) atoms. The summed E-state index contributed by atoms with van der Waals surface area (Å²) in [5.74, 6) is 0.130. The van der Waals surface area contributed by atoms with Crippen molar-refractivity contribution in [3.8, 4) is 5.75 Å². The van der Waals surface area contributed by atoms with Crippen LogP contribution in [0.15, 0.2) is 42.5 Å². The minimum absolute atomic E-state index is 0.00469. The Hall–Kier alpha value is -2.57. The van der Waals surface area contributed by atoms with Crippen molar-refractivity contribution in [3.05, 3.63) is 58.5 Å². The highest BCUT2D eigenvalue weighted by Gasteiger charge is 2.16. The second-order valence-electron chi connectivity index (χ2n) is 6.32. The lowest BCUT2D eigenvalue weighted by Crippen LogP contribution is -2.26. The quantitative estimate of drug-likeness (QED) is 0.362. The molecule has 0 fully saturated rings. The fourth-order valence-electron chi connectivity index (χ4n) is 2.76. The second-order valence-corrected chi connectivity index (χ2v) is 7.09. The van der Waals surface area contributed by atoms with Gasteiger partial charge in [0.05, 0.1) is 11.6 Å². The van der Waals surface area contributed by atoms with Crippen LogP contribution in [0.5, 0.6) is 5.75 Å². The number of nitrogens with zero attached hydrogens (tertiary/aromatic N) is 2. The molecule has 5 nitrogen and oxygen atoms in total. The van der Waals surface area contributed by atoms with Crippen molar-refractivity contribution in [2.24, 2.45) is 0 Å². The lowest BCUT2D eigenvalue weighted by molar-refractivity contribution is -0.150. The Balaban J connectivity index is 1.82. The highest BCUT2D eigenvalue weighted by atomic mass is 35.5. The second kappa shape index (κ2) is 8.84. The van der Waals surface area contributed by atoms with Gasteiger partial charge in [-0.15, -0.1) is 0 Å². The molecule has 1 aromatic heterocycles. The molecule has 0 aliphatic rings. The summed E-state index contributed by atoms with van der Waals surface area (Å²) in [6.45, 7) is 3.67. The first-order chi connectivity index (χ1) is 13.8. The Morgan fingerprint density at radius 3 is 2.55 bits per heavy atom. The molecule has 1 heterocycles. The maximum absolute atomic E-state index is 13.8. The number of benzene rings is 2. The largest absolute Gasteiger partial charge is 0.479 e. The van der Waals surface area contributed by atoms with E-state index in [0.717, 1.165) is 5.69 Å². The van der Waals surface area contributed by atoms with Crippen LogP contribution in [0, 0.1) is 5.82 Å². The van der Waals surface area contributed by atoms with Crippen LogP contribution in [0.2, 0.25) is 10.2 Å².